The van der Waals surface area contributed by atoms with Crippen molar-refractivity contribution in [2.24, 2.45) is 0 Å². The van der Waals surface area contributed by atoms with E-state index in [1.165, 1.54) is 12.1 Å². The number of carbonyl (C=O) groups excluding carboxylic acids is 1. The predicted octanol–water partition coefficient (Wildman–Crippen LogP) is 2.69. The van der Waals surface area contributed by atoms with Gasteiger partial charge in [0, 0.05) is 36.0 Å². The summed E-state index contributed by atoms with van der Waals surface area (Å²) in [4.78, 5) is 31.5. The number of nitro benzene ring substituents is 1. The van der Waals surface area contributed by atoms with Crippen LogP contribution in [0.15, 0.2) is 30.3 Å². The molecule has 3 rings (SSSR count). The molecule has 1 atom stereocenters. The summed E-state index contributed by atoms with van der Waals surface area (Å²) in [6.45, 7) is 2.69. The molecule has 0 saturated carbocycles. The monoisotopic (exact) mass is 355 g/mol. The number of non-ortho nitro benzene ring substituents is 1. The minimum atomic E-state index is -0.440. The van der Waals surface area contributed by atoms with Crippen molar-refractivity contribution in [2.75, 3.05) is 11.9 Å². The Kier molecular flexibility index (Phi) is 5.40. The molecule has 0 spiro atoms. The van der Waals surface area contributed by atoms with Gasteiger partial charge in [0.15, 0.2) is 5.82 Å². The Labute approximate surface area is 151 Å². The number of rotatable bonds is 5. The number of nitro groups is 1. The van der Waals surface area contributed by atoms with Gasteiger partial charge < -0.3 is 10.6 Å². The van der Waals surface area contributed by atoms with Crippen LogP contribution in [0.4, 0.5) is 11.5 Å². The van der Waals surface area contributed by atoms with Crippen LogP contribution in [-0.4, -0.2) is 33.4 Å². The molecule has 1 aliphatic rings. The maximum Gasteiger partial charge on any atom is 0.269 e. The van der Waals surface area contributed by atoms with Gasteiger partial charge in [0.1, 0.15) is 11.9 Å². The van der Waals surface area contributed by atoms with Crippen molar-refractivity contribution < 1.29 is 9.72 Å². The molecule has 1 aromatic carbocycles. The molecule has 2 N–H and O–H groups in total. The summed E-state index contributed by atoms with van der Waals surface area (Å²) < 4.78 is 0. The molecule has 2 aromatic rings. The molecule has 1 saturated heterocycles. The summed E-state index contributed by atoms with van der Waals surface area (Å²) in [6, 6.07) is 7.66. The highest BCUT2D eigenvalue weighted by atomic mass is 16.6. The van der Waals surface area contributed by atoms with E-state index in [1.807, 2.05) is 13.0 Å². The fourth-order valence-electron chi connectivity index (χ4n) is 2.87. The smallest absolute Gasteiger partial charge is 0.269 e. The Balaban J connectivity index is 1.88. The van der Waals surface area contributed by atoms with Gasteiger partial charge in [0.2, 0.25) is 5.91 Å². The van der Waals surface area contributed by atoms with Crippen LogP contribution in [0.5, 0.6) is 0 Å². The van der Waals surface area contributed by atoms with Gasteiger partial charge in [-0.3, -0.25) is 14.9 Å². The lowest BCUT2D eigenvalue weighted by molar-refractivity contribution is -0.384. The van der Waals surface area contributed by atoms with Crippen molar-refractivity contribution >= 4 is 17.4 Å². The first kappa shape index (κ1) is 17.8. The fraction of sp³-hybridized carbons (Fsp3) is 0.389. The summed E-state index contributed by atoms with van der Waals surface area (Å²) >= 11 is 0. The molecule has 136 valence electrons. The minimum absolute atomic E-state index is 0.0175. The van der Waals surface area contributed by atoms with Gasteiger partial charge in [0.25, 0.3) is 5.69 Å². The van der Waals surface area contributed by atoms with E-state index < -0.39 is 4.92 Å². The zero-order valence-electron chi connectivity index (χ0n) is 14.6. The summed E-state index contributed by atoms with van der Waals surface area (Å²) in [5.41, 5.74) is 1.55. The average Bonchev–Trinajstić information content (AvgIpc) is 2.86. The molecule has 26 heavy (non-hydrogen) atoms. The average molecular weight is 355 g/mol. The number of hydrogen-bond donors (Lipinski definition) is 2. The van der Waals surface area contributed by atoms with E-state index in [0.717, 1.165) is 25.0 Å². The highest BCUT2D eigenvalue weighted by Crippen LogP contribution is 2.22. The van der Waals surface area contributed by atoms with Crippen LogP contribution in [0.3, 0.4) is 0 Å². The molecule has 8 heteroatoms. The van der Waals surface area contributed by atoms with Gasteiger partial charge in [-0.05, 0) is 37.8 Å². The highest BCUT2D eigenvalue weighted by molar-refractivity contribution is 5.84. The molecule has 8 nitrogen and oxygen atoms in total. The number of anilines is 1. The maximum atomic E-state index is 12.1. The molecule has 1 fully saturated rings. The van der Waals surface area contributed by atoms with E-state index in [-0.39, 0.29) is 17.6 Å². The lowest BCUT2D eigenvalue weighted by atomic mass is 10.1. The third kappa shape index (κ3) is 4.14. The third-order valence-electron chi connectivity index (χ3n) is 4.34. The Morgan fingerprint density at radius 2 is 2.04 bits per heavy atom. The number of aromatic nitrogens is 2. The zero-order valence-corrected chi connectivity index (χ0v) is 14.6. The third-order valence-corrected chi connectivity index (χ3v) is 4.34. The van der Waals surface area contributed by atoms with Gasteiger partial charge >= 0.3 is 0 Å². The second-order valence-corrected chi connectivity index (χ2v) is 6.21. The molecule has 1 aromatic heterocycles. The van der Waals surface area contributed by atoms with Crippen molar-refractivity contribution in [3.63, 3.8) is 0 Å². The summed E-state index contributed by atoms with van der Waals surface area (Å²) in [5, 5.41) is 16.9. The molecule has 0 radical (unpaired) electrons. The number of carbonyl (C=O) groups is 1. The van der Waals surface area contributed by atoms with E-state index in [1.54, 1.807) is 12.1 Å². The summed E-state index contributed by atoms with van der Waals surface area (Å²) in [5.74, 6) is 1.05. The molecule has 1 aliphatic heterocycles. The molecule has 1 unspecified atom stereocenters. The van der Waals surface area contributed by atoms with Crippen molar-refractivity contribution in [2.45, 2.75) is 38.6 Å². The SMILES string of the molecule is CCc1cc(NC2CCCCNC2=O)nc(-c2ccc([N+](=O)[O-])cc2)n1. The van der Waals surface area contributed by atoms with E-state index in [9.17, 15) is 14.9 Å². The minimum Gasteiger partial charge on any atom is -0.358 e. The maximum absolute atomic E-state index is 12.1. The second kappa shape index (κ2) is 7.90. The van der Waals surface area contributed by atoms with E-state index >= 15 is 0 Å². The predicted molar refractivity (Wildman–Crippen MR) is 97.8 cm³/mol. The Hall–Kier alpha value is -3.03. The first-order valence-corrected chi connectivity index (χ1v) is 8.74. The zero-order chi connectivity index (χ0) is 18.5. The molecular weight excluding hydrogens is 334 g/mol. The van der Waals surface area contributed by atoms with Gasteiger partial charge in [0.05, 0.1) is 4.92 Å². The number of nitrogens with zero attached hydrogens (tertiary/aromatic N) is 3. The largest absolute Gasteiger partial charge is 0.358 e. The first-order valence-electron chi connectivity index (χ1n) is 8.74. The number of nitrogens with one attached hydrogen (secondary N) is 2. The lowest BCUT2D eigenvalue weighted by Crippen LogP contribution is -2.38. The fourth-order valence-corrected chi connectivity index (χ4v) is 2.87. The van der Waals surface area contributed by atoms with Crippen LogP contribution in [0, 0.1) is 10.1 Å². The van der Waals surface area contributed by atoms with E-state index in [0.29, 0.717) is 30.2 Å². The Morgan fingerprint density at radius 1 is 1.27 bits per heavy atom. The molecule has 2 heterocycles. The van der Waals surface area contributed by atoms with Crippen LogP contribution < -0.4 is 10.6 Å². The Morgan fingerprint density at radius 3 is 2.73 bits per heavy atom. The first-order chi connectivity index (χ1) is 12.6. The van der Waals surface area contributed by atoms with Gasteiger partial charge in [-0.1, -0.05) is 6.92 Å². The number of aryl methyl sites for hydroxylation is 1. The lowest BCUT2D eigenvalue weighted by Gasteiger charge is -2.17. The molecular formula is C18H21N5O3. The van der Waals surface area contributed by atoms with Gasteiger partial charge in [-0.15, -0.1) is 0 Å². The van der Waals surface area contributed by atoms with Gasteiger partial charge in [-0.25, -0.2) is 9.97 Å². The Bertz CT molecular complexity index is 807. The van der Waals surface area contributed by atoms with Crippen molar-refractivity contribution in [3.8, 4) is 11.4 Å². The molecule has 0 aliphatic carbocycles. The summed E-state index contributed by atoms with van der Waals surface area (Å²) in [6.07, 6.45) is 3.41. The van der Waals surface area contributed by atoms with Crippen molar-refractivity contribution in [1.29, 1.82) is 0 Å². The van der Waals surface area contributed by atoms with Crippen LogP contribution in [0.1, 0.15) is 31.9 Å². The summed E-state index contributed by atoms with van der Waals surface area (Å²) in [7, 11) is 0. The van der Waals surface area contributed by atoms with E-state index in [4.69, 9.17) is 0 Å². The van der Waals surface area contributed by atoms with Crippen LogP contribution in [0.2, 0.25) is 0 Å². The van der Waals surface area contributed by atoms with Crippen molar-refractivity contribution in [3.05, 3.63) is 46.1 Å². The van der Waals surface area contributed by atoms with Crippen molar-refractivity contribution in [1.82, 2.24) is 15.3 Å². The quantitative estimate of drug-likeness (QED) is 0.630. The van der Waals surface area contributed by atoms with E-state index in [2.05, 4.69) is 20.6 Å². The highest BCUT2D eigenvalue weighted by Gasteiger charge is 2.21. The normalized spacial score (nSPS) is 17.3. The van der Waals surface area contributed by atoms with Crippen LogP contribution >= 0.6 is 0 Å². The number of hydrogen-bond acceptors (Lipinski definition) is 6. The second-order valence-electron chi connectivity index (χ2n) is 6.21. The van der Waals surface area contributed by atoms with Gasteiger partial charge in [-0.2, -0.15) is 0 Å². The molecule has 1 amide bonds. The van der Waals surface area contributed by atoms with Crippen LogP contribution in [-0.2, 0) is 11.2 Å². The van der Waals surface area contributed by atoms with Crippen LogP contribution in [0.25, 0.3) is 11.4 Å². The molecule has 0 bridgehead atoms. The standard InChI is InChI=1S/C18H21N5O3/c1-2-13-11-16(21-15-5-3-4-10-19-18(15)24)22-17(20-13)12-6-8-14(9-7-12)23(25)26/h6-9,11,15H,2-5,10H2,1H3,(H,19,24)(H,20,21,22). The number of amides is 1. The topological polar surface area (TPSA) is 110 Å². The number of benzene rings is 1.